The van der Waals surface area contributed by atoms with Gasteiger partial charge in [0.1, 0.15) is 0 Å². The van der Waals surface area contributed by atoms with Gasteiger partial charge in [-0.25, -0.2) is 0 Å². The van der Waals surface area contributed by atoms with Gasteiger partial charge in [-0.05, 0) is 51.7 Å². The van der Waals surface area contributed by atoms with Crippen LogP contribution < -0.4 is 10.2 Å². The zero-order valence-electron chi connectivity index (χ0n) is 14.1. The number of halogens is 1. The molecule has 0 unspecified atom stereocenters. The number of rotatable bonds is 9. The number of anilines is 1. The van der Waals surface area contributed by atoms with Crippen LogP contribution in [0.5, 0.6) is 0 Å². The first kappa shape index (κ1) is 18.3. The van der Waals surface area contributed by atoms with Crippen LogP contribution in [0.1, 0.15) is 25.8 Å². The molecule has 0 atom stereocenters. The Morgan fingerprint density at radius 1 is 1.14 bits per heavy atom. The molecule has 0 aromatic heterocycles. The van der Waals surface area contributed by atoms with Gasteiger partial charge in [0.25, 0.3) is 0 Å². The standard InChI is InChI=1S/C17H30ClN3/c1-14(2)12-19-13-15-16(18)8-6-9-17(15)21(5)11-7-10-20(3)4/h6,8-9,14,19H,7,10-13H2,1-5H3. The molecule has 0 amide bonds. The van der Waals surface area contributed by atoms with Gasteiger partial charge >= 0.3 is 0 Å². The third-order valence-corrected chi connectivity index (χ3v) is 3.81. The molecule has 0 bridgehead atoms. The van der Waals surface area contributed by atoms with Gasteiger partial charge in [0.05, 0.1) is 0 Å². The number of hydrogen-bond acceptors (Lipinski definition) is 3. The summed E-state index contributed by atoms with van der Waals surface area (Å²) in [6.45, 7) is 8.41. The number of nitrogens with one attached hydrogen (secondary N) is 1. The molecule has 0 saturated carbocycles. The average Bonchev–Trinajstić information content (AvgIpc) is 2.39. The molecule has 0 spiro atoms. The summed E-state index contributed by atoms with van der Waals surface area (Å²) >= 11 is 6.40. The predicted octanol–water partition coefficient (Wildman–Crippen LogP) is 3.47. The van der Waals surface area contributed by atoms with E-state index in [1.165, 1.54) is 11.3 Å². The van der Waals surface area contributed by atoms with Crippen molar-refractivity contribution in [3.8, 4) is 0 Å². The minimum atomic E-state index is 0.647. The summed E-state index contributed by atoms with van der Waals surface area (Å²) < 4.78 is 0. The number of benzene rings is 1. The molecule has 1 N–H and O–H groups in total. The summed E-state index contributed by atoms with van der Waals surface area (Å²) in [5.41, 5.74) is 2.43. The molecule has 21 heavy (non-hydrogen) atoms. The van der Waals surface area contributed by atoms with E-state index in [1.807, 2.05) is 12.1 Å². The summed E-state index contributed by atoms with van der Waals surface area (Å²) in [7, 11) is 6.37. The van der Waals surface area contributed by atoms with Crippen molar-refractivity contribution in [1.82, 2.24) is 10.2 Å². The lowest BCUT2D eigenvalue weighted by molar-refractivity contribution is 0.401. The van der Waals surface area contributed by atoms with E-state index >= 15 is 0 Å². The van der Waals surface area contributed by atoms with Crippen molar-refractivity contribution in [1.29, 1.82) is 0 Å². The Bertz CT molecular complexity index is 418. The Hall–Kier alpha value is -0.770. The van der Waals surface area contributed by atoms with Crippen LogP contribution in [-0.4, -0.2) is 45.7 Å². The minimum Gasteiger partial charge on any atom is -0.374 e. The average molecular weight is 312 g/mol. The van der Waals surface area contributed by atoms with Crippen molar-refractivity contribution in [3.05, 3.63) is 28.8 Å². The molecule has 1 aromatic carbocycles. The molecule has 0 aliphatic carbocycles. The Morgan fingerprint density at radius 3 is 2.48 bits per heavy atom. The van der Waals surface area contributed by atoms with Crippen LogP contribution in [0.25, 0.3) is 0 Å². The van der Waals surface area contributed by atoms with Crippen LogP contribution in [0.2, 0.25) is 5.02 Å². The summed E-state index contributed by atoms with van der Waals surface area (Å²) in [4.78, 5) is 4.53. The van der Waals surface area contributed by atoms with E-state index in [0.717, 1.165) is 37.6 Å². The topological polar surface area (TPSA) is 18.5 Å². The summed E-state index contributed by atoms with van der Waals surface area (Å²) in [5.74, 6) is 0.647. The van der Waals surface area contributed by atoms with Crippen molar-refractivity contribution >= 4 is 17.3 Å². The molecule has 1 aromatic rings. The third kappa shape index (κ3) is 6.68. The van der Waals surface area contributed by atoms with Crippen molar-refractivity contribution < 1.29 is 0 Å². The van der Waals surface area contributed by atoms with E-state index in [9.17, 15) is 0 Å². The molecule has 0 radical (unpaired) electrons. The van der Waals surface area contributed by atoms with E-state index in [-0.39, 0.29) is 0 Å². The van der Waals surface area contributed by atoms with Gasteiger partial charge in [-0.2, -0.15) is 0 Å². The van der Waals surface area contributed by atoms with Gasteiger partial charge in [-0.3, -0.25) is 0 Å². The molecular weight excluding hydrogens is 282 g/mol. The molecule has 3 nitrogen and oxygen atoms in total. The highest BCUT2D eigenvalue weighted by Gasteiger charge is 2.11. The Balaban J connectivity index is 2.69. The maximum atomic E-state index is 6.40. The second kappa shape index (κ2) is 9.29. The second-order valence-electron chi connectivity index (χ2n) is 6.34. The normalized spacial score (nSPS) is 11.4. The zero-order chi connectivity index (χ0) is 15.8. The van der Waals surface area contributed by atoms with Crippen LogP contribution in [0.4, 0.5) is 5.69 Å². The Morgan fingerprint density at radius 2 is 1.86 bits per heavy atom. The van der Waals surface area contributed by atoms with Gasteiger partial charge in [-0.15, -0.1) is 0 Å². The van der Waals surface area contributed by atoms with Gasteiger partial charge in [0.2, 0.25) is 0 Å². The zero-order valence-corrected chi connectivity index (χ0v) is 14.9. The maximum Gasteiger partial charge on any atom is 0.0471 e. The van der Waals surface area contributed by atoms with E-state index < -0.39 is 0 Å². The van der Waals surface area contributed by atoms with Gasteiger partial charge in [-0.1, -0.05) is 31.5 Å². The highest BCUT2D eigenvalue weighted by molar-refractivity contribution is 6.31. The van der Waals surface area contributed by atoms with Crippen LogP contribution in [0.15, 0.2) is 18.2 Å². The van der Waals surface area contributed by atoms with Crippen LogP contribution in [0, 0.1) is 5.92 Å². The predicted molar refractivity (Wildman–Crippen MR) is 94.4 cm³/mol. The Kier molecular flexibility index (Phi) is 8.09. The molecule has 0 aliphatic heterocycles. The lowest BCUT2D eigenvalue weighted by Gasteiger charge is -2.24. The molecule has 0 aliphatic rings. The summed E-state index contributed by atoms with van der Waals surface area (Å²) in [6, 6.07) is 6.17. The fourth-order valence-corrected chi connectivity index (χ4v) is 2.55. The molecule has 0 fully saturated rings. The van der Waals surface area contributed by atoms with Crippen LogP contribution in [-0.2, 0) is 6.54 Å². The maximum absolute atomic E-state index is 6.40. The fraction of sp³-hybridized carbons (Fsp3) is 0.647. The van der Waals surface area contributed by atoms with Crippen molar-refractivity contribution in [2.45, 2.75) is 26.8 Å². The smallest absolute Gasteiger partial charge is 0.0471 e. The number of hydrogen-bond donors (Lipinski definition) is 1. The van der Waals surface area contributed by atoms with Crippen molar-refractivity contribution in [3.63, 3.8) is 0 Å². The van der Waals surface area contributed by atoms with Gasteiger partial charge < -0.3 is 15.1 Å². The first-order chi connectivity index (χ1) is 9.91. The van der Waals surface area contributed by atoms with E-state index in [2.05, 4.69) is 56.2 Å². The largest absolute Gasteiger partial charge is 0.374 e. The van der Waals surface area contributed by atoms with Crippen molar-refractivity contribution in [2.24, 2.45) is 5.92 Å². The molecule has 1 rings (SSSR count). The SMILES string of the molecule is CC(C)CNCc1c(Cl)cccc1N(C)CCCN(C)C. The van der Waals surface area contributed by atoms with E-state index in [1.54, 1.807) is 0 Å². The summed E-state index contributed by atoms with van der Waals surface area (Å²) in [5, 5.41) is 4.34. The van der Waals surface area contributed by atoms with Gasteiger partial charge in [0.15, 0.2) is 0 Å². The molecule has 4 heteroatoms. The van der Waals surface area contributed by atoms with E-state index in [0.29, 0.717) is 5.92 Å². The third-order valence-electron chi connectivity index (χ3n) is 3.46. The monoisotopic (exact) mass is 311 g/mol. The second-order valence-corrected chi connectivity index (χ2v) is 6.75. The molecule has 0 heterocycles. The lowest BCUT2D eigenvalue weighted by atomic mass is 10.1. The fourth-order valence-electron chi connectivity index (χ4n) is 2.31. The van der Waals surface area contributed by atoms with Crippen molar-refractivity contribution in [2.75, 3.05) is 45.7 Å². The molecule has 0 saturated heterocycles. The number of nitrogens with zero attached hydrogens (tertiary/aromatic N) is 2. The highest BCUT2D eigenvalue weighted by atomic mass is 35.5. The Labute approximate surface area is 135 Å². The minimum absolute atomic E-state index is 0.647. The van der Waals surface area contributed by atoms with Crippen LogP contribution in [0.3, 0.4) is 0 Å². The highest BCUT2D eigenvalue weighted by Crippen LogP contribution is 2.27. The first-order valence-electron chi connectivity index (χ1n) is 7.75. The molecule has 120 valence electrons. The quantitative estimate of drug-likeness (QED) is 0.753. The summed E-state index contributed by atoms with van der Waals surface area (Å²) in [6.07, 6.45) is 1.15. The van der Waals surface area contributed by atoms with Gasteiger partial charge in [0, 0.05) is 36.4 Å². The molecular formula is C17H30ClN3. The first-order valence-corrected chi connectivity index (χ1v) is 8.13. The van der Waals surface area contributed by atoms with Crippen LogP contribution >= 0.6 is 11.6 Å². The lowest BCUT2D eigenvalue weighted by Crippen LogP contribution is -2.26. The van der Waals surface area contributed by atoms with E-state index in [4.69, 9.17) is 11.6 Å².